The molecule has 2 atom stereocenters. The van der Waals surface area contributed by atoms with Crippen molar-refractivity contribution in [2.75, 3.05) is 39.6 Å². The summed E-state index contributed by atoms with van der Waals surface area (Å²) >= 11 is 11.8. The Bertz CT molecular complexity index is 1120. The molecule has 0 heterocycles. The molecule has 0 bridgehead atoms. The fourth-order valence-corrected chi connectivity index (χ4v) is 5.02. The lowest BCUT2D eigenvalue weighted by Gasteiger charge is -2.38. The number of carbonyl (C=O) groups is 4. The quantitative estimate of drug-likeness (QED) is 0.0523. The Morgan fingerprint density at radius 2 is 1.69 bits per heavy atom. The summed E-state index contributed by atoms with van der Waals surface area (Å²) in [4.78, 5) is 56.3. The predicted octanol–water partition coefficient (Wildman–Crippen LogP) is 5.41. The highest BCUT2D eigenvalue weighted by Crippen LogP contribution is 2.41. The van der Waals surface area contributed by atoms with Gasteiger partial charge in [-0.05, 0) is 36.5 Å². The van der Waals surface area contributed by atoms with Gasteiger partial charge in [0.25, 0.3) is 0 Å². The number of rotatable bonds is 18. The van der Waals surface area contributed by atoms with Crippen molar-refractivity contribution in [1.82, 2.24) is 0 Å². The summed E-state index contributed by atoms with van der Waals surface area (Å²) in [7, 11) is 0. The SMILES string of the molecule is C=CCON=C(CCC)C1C(=O)CC(C)(C)C(C(=O)OCCOCCOC(=O)CCCOc2cc(Cl)cc(Cl)c2)C1=O. The van der Waals surface area contributed by atoms with Gasteiger partial charge in [0.05, 0.1) is 25.5 Å². The minimum absolute atomic E-state index is 0.0241. The molecular weight excluding hydrogens is 589 g/mol. The molecule has 0 aliphatic heterocycles. The second kappa shape index (κ2) is 17.9. The number of esters is 2. The minimum Gasteiger partial charge on any atom is -0.493 e. The van der Waals surface area contributed by atoms with Crippen molar-refractivity contribution >= 4 is 52.4 Å². The first kappa shape index (κ1) is 35.2. The van der Waals surface area contributed by atoms with Crippen LogP contribution in [0.3, 0.4) is 0 Å². The molecule has 0 N–H and O–H groups in total. The fraction of sp³-hybridized carbons (Fsp3) is 0.567. The molecule has 0 aromatic heterocycles. The predicted molar refractivity (Wildman–Crippen MR) is 158 cm³/mol. The lowest BCUT2D eigenvalue weighted by Crippen LogP contribution is -2.52. The third kappa shape index (κ3) is 11.4. The molecule has 1 aliphatic rings. The van der Waals surface area contributed by atoms with Gasteiger partial charge in [0.1, 0.15) is 43.2 Å². The summed E-state index contributed by atoms with van der Waals surface area (Å²) < 4.78 is 21.4. The largest absolute Gasteiger partial charge is 0.493 e. The third-order valence-electron chi connectivity index (χ3n) is 6.34. The van der Waals surface area contributed by atoms with Crippen molar-refractivity contribution in [1.29, 1.82) is 0 Å². The second-order valence-electron chi connectivity index (χ2n) is 10.4. The van der Waals surface area contributed by atoms with Crippen LogP contribution in [0.2, 0.25) is 10.0 Å². The topological polar surface area (TPSA) is 127 Å². The molecule has 1 aliphatic carbocycles. The van der Waals surface area contributed by atoms with Crippen LogP contribution in [-0.4, -0.2) is 68.9 Å². The molecule has 0 radical (unpaired) electrons. The van der Waals surface area contributed by atoms with Crippen LogP contribution in [0.4, 0.5) is 0 Å². The average Bonchev–Trinajstić information content (AvgIpc) is 2.89. The maximum absolute atomic E-state index is 13.4. The standard InChI is InChI=1S/C30H39Cl2NO9/c1-5-8-23(33-42-10-6-2)26-24(34)19-30(3,4)27(28(26)36)29(37)41-15-13-38-12-14-40-25(35)9-7-11-39-22-17-20(31)16-21(32)18-22/h6,16-18,26-27H,2,5,7-15,19H2,1,3-4H3. The Morgan fingerprint density at radius 3 is 2.33 bits per heavy atom. The van der Waals surface area contributed by atoms with E-state index in [4.69, 9.17) is 47.0 Å². The van der Waals surface area contributed by atoms with Crippen molar-refractivity contribution in [2.24, 2.45) is 22.4 Å². The van der Waals surface area contributed by atoms with Crippen LogP contribution in [0.25, 0.3) is 0 Å². The highest BCUT2D eigenvalue weighted by Gasteiger charge is 2.53. The van der Waals surface area contributed by atoms with Gasteiger partial charge in [-0.15, -0.1) is 0 Å². The highest BCUT2D eigenvalue weighted by atomic mass is 35.5. The van der Waals surface area contributed by atoms with Gasteiger partial charge in [-0.1, -0.05) is 68.2 Å². The number of ketones is 2. The Kier molecular flexibility index (Phi) is 15.0. The summed E-state index contributed by atoms with van der Waals surface area (Å²) in [6.45, 7) is 9.34. The maximum atomic E-state index is 13.4. The van der Waals surface area contributed by atoms with Crippen LogP contribution in [0, 0.1) is 17.3 Å². The summed E-state index contributed by atoms with van der Waals surface area (Å²) in [5, 5.41) is 4.92. The number of nitrogens with zero attached hydrogens (tertiary/aromatic N) is 1. The van der Waals surface area contributed by atoms with E-state index in [1.54, 1.807) is 32.0 Å². The normalized spacial score (nSPS) is 18.4. The smallest absolute Gasteiger partial charge is 0.317 e. The monoisotopic (exact) mass is 627 g/mol. The van der Waals surface area contributed by atoms with E-state index >= 15 is 0 Å². The van der Waals surface area contributed by atoms with Crippen molar-refractivity contribution < 1.29 is 43.0 Å². The van der Waals surface area contributed by atoms with E-state index in [0.29, 0.717) is 47.4 Å². The number of hydrogen-bond acceptors (Lipinski definition) is 10. The lowest BCUT2D eigenvalue weighted by molar-refractivity contribution is -0.162. The molecule has 12 heteroatoms. The van der Waals surface area contributed by atoms with E-state index in [0.717, 1.165) is 0 Å². The first-order valence-corrected chi connectivity index (χ1v) is 14.6. The van der Waals surface area contributed by atoms with Gasteiger partial charge in [0.15, 0.2) is 5.78 Å². The number of benzene rings is 1. The van der Waals surface area contributed by atoms with Gasteiger partial charge < -0.3 is 23.8 Å². The van der Waals surface area contributed by atoms with Crippen molar-refractivity contribution in [3.63, 3.8) is 0 Å². The van der Waals surface area contributed by atoms with Gasteiger partial charge in [-0.25, -0.2) is 0 Å². The summed E-state index contributed by atoms with van der Waals surface area (Å²) in [6, 6.07) is 4.86. The van der Waals surface area contributed by atoms with Crippen molar-refractivity contribution in [2.45, 2.75) is 52.9 Å². The van der Waals surface area contributed by atoms with Crippen molar-refractivity contribution in [3.05, 3.63) is 40.9 Å². The van der Waals surface area contributed by atoms with Crippen LogP contribution in [0.5, 0.6) is 5.75 Å². The van der Waals surface area contributed by atoms with Gasteiger partial charge in [0.2, 0.25) is 0 Å². The van der Waals surface area contributed by atoms with Gasteiger partial charge in [-0.3, -0.25) is 19.2 Å². The third-order valence-corrected chi connectivity index (χ3v) is 6.78. The van der Waals surface area contributed by atoms with Crippen LogP contribution < -0.4 is 4.74 Å². The van der Waals surface area contributed by atoms with E-state index in [1.807, 2.05) is 6.92 Å². The molecule has 10 nitrogen and oxygen atoms in total. The first-order chi connectivity index (χ1) is 20.0. The van der Waals surface area contributed by atoms with Crippen LogP contribution in [-0.2, 0) is 38.2 Å². The number of halogens is 2. The van der Waals surface area contributed by atoms with Gasteiger partial charge in [0, 0.05) is 22.9 Å². The van der Waals surface area contributed by atoms with Gasteiger partial charge >= 0.3 is 11.9 Å². The lowest BCUT2D eigenvalue weighted by atomic mass is 9.63. The van der Waals surface area contributed by atoms with Crippen molar-refractivity contribution in [3.8, 4) is 5.75 Å². The Hall–Kier alpha value is -2.95. The summed E-state index contributed by atoms with van der Waals surface area (Å²) in [5.41, 5.74) is -0.610. The van der Waals surface area contributed by atoms with E-state index in [2.05, 4.69) is 11.7 Å². The van der Waals surface area contributed by atoms with Crippen LogP contribution >= 0.6 is 23.2 Å². The zero-order valence-corrected chi connectivity index (χ0v) is 25.8. The van der Waals surface area contributed by atoms with E-state index in [9.17, 15) is 19.2 Å². The number of Topliss-reactive ketones (excluding diaryl/α,β-unsaturated/α-hetero) is 2. The summed E-state index contributed by atoms with van der Waals surface area (Å²) in [5.74, 6) is -3.71. The van der Waals surface area contributed by atoms with E-state index in [1.165, 1.54) is 6.08 Å². The number of ether oxygens (including phenoxy) is 4. The van der Waals surface area contributed by atoms with Crippen LogP contribution in [0.15, 0.2) is 36.0 Å². The Morgan fingerprint density at radius 1 is 1.02 bits per heavy atom. The zero-order chi connectivity index (χ0) is 31.1. The number of hydrogen-bond donors (Lipinski definition) is 0. The van der Waals surface area contributed by atoms with E-state index < -0.39 is 35.0 Å². The molecule has 0 saturated heterocycles. The van der Waals surface area contributed by atoms with Crippen LogP contribution in [0.1, 0.15) is 52.9 Å². The highest BCUT2D eigenvalue weighted by molar-refractivity contribution is 6.34. The maximum Gasteiger partial charge on any atom is 0.317 e. The first-order valence-electron chi connectivity index (χ1n) is 13.8. The molecule has 0 spiro atoms. The molecule has 2 unspecified atom stereocenters. The molecular formula is C30H39Cl2NO9. The molecule has 0 amide bonds. The second-order valence-corrected chi connectivity index (χ2v) is 11.2. The fourth-order valence-electron chi connectivity index (χ4n) is 4.51. The average molecular weight is 629 g/mol. The molecule has 232 valence electrons. The molecule has 42 heavy (non-hydrogen) atoms. The Labute approximate surface area is 256 Å². The zero-order valence-electron chi connectivity index (χ0n) is 24.3. The van der Waals surface area contributed by atoms with E-state index in [-0.39, 0.29) is 51.7 Å². The minimum atomic E-state index is -1.15. The molecule has 2 rings (SSSR count). The number of oxime groups is 1. The summed E-state index contributed by atoms with van der Waals surface area (Å²) in [6.07, 6.45) is 3.15. The molecule has 1 fully saturated rings. The molecule has 1 aromatic carbocycles. The molecule has 1 saturated carbocycles. The molecule has 1 aromatic rings. The number of carbonyl (C=O) groups excluding carboxylic acids is 4. The Balaban J connectivity index is 1.71. The van der Waals surface area contributed by atoms with Gasteiger partial charge in [-0.2, -0.15) is 0 Å².